The highest BCUT2D eigenvalue weighted by molar-refractivity contribution is 7.92. The molecule has 0 aliphatic heterocycles. The average molecular weight is 432 g/mol. The average Bonchev–Trinajstić information content (AvgIpc) is 2.57. The largest absolute Gasteiger partial charge is 0.324 e. The van der Waals surface area contributed by atoms with E-state index in [1.165, 1.54) is 43.3 Å². The Balaban J connectivity index is 2.36. The minimum absolute atomic E-state index is 0.00323. The molecule has 0 radical (unpaired) electrons. The molecule has 0 aliphatic carbocycles. The molecule has 0 unspecified atom stereocenters. The van der Waals surface area contributed by atoms with E-state index < -0.39 is 26.9 Å². The van der Waals surface area contributed by atoms with E-state index in [4.69, 9.17) is 23.2 Å². The molecule has 8 nitrogen and oxygen atoms in total. The summed E-state index contributed by atoms with van der Waals surface area (Å²) in [5, 5.41) is 14.0. The zero-order valence-electron chi connectivity index (χ0n) is 14.2. The van der Waals surface area contributed by atoms with Crippen molar-refractivity contribution in [1.29, 1.82) is 0 Å². The maximum absolute atomic E-state index is 12.6. The van der Waals surface area contributed by atoms with Crippen molar-refractivity contribution in [1.82, 2.24) is 0 Å². The van der Waals surface area contributed by atoms with E-state index in [2.05, 4.69) is 5.32 Å². The number of carbonyl (C=O) groups is 1. The number of halogens is 2. The Morgan fingerprint density at radius 3 is 2.41 bits per heavy atom. The van der Waals surface area contributed by atoms with Gasteiger partial charge in [-0.05, 0) is 31.2 Å². The van der Waals surface area contributed by atoms with Crippen LogP contribution in [0.3, 0.4) is 0 Å². The zero-order valence-corrected chi connectivity index (χ0v) is 16.5. The van der Waals surface area contributed by atoms with Crippen LogP contribution in [0, 0.1) is 10.1 Å². The van der Waals surface area contributed by atoms with Gasteiger partial charge in [0.25, 0.3) is 5.69 Å². The second-order valence-electron chi connectivity index (χ2n) is 5.63. The van der Waals surface area contributed by atoms with Gasteiger partial charge < -0.3 is 5.32 Å². The molecule has 0 spiro atoms. The predicted octanol–water partition coefficient (Wildman–Crippen LogP) is 3.69. The second kappa shape index (κ2) is 8.12. The molecule has 2 aromatic rings. The summed E-state index contributed by atoms with van der Waals surface area (Å²) < 4.78 is 25.3. The van der Waals surface area contributed by atoms with E-state index in [0.717, 1.165) is 16.6 Å². The normalized spacial score (nSPS) is 12.3. The molecule has 11 heteroatoms. The third-order valence-electron chi connectivity index (χ3n) is 3.57. The molecule has 0 saturated carbocycles. The highest BCUT2D eigenvalue weighted by atomic mass is 35.5. The van der Waals surface area contributed by atoms with Gasteiger partial charge in [-0.15, -0.1) is 0 Å². The summed E-state index contributed by atoms with van der Waals surface area (Å²) in [6.45, 7) is 1.37. The van der Waals surface area contributed by atoms with E-state index in [0.29, 0.717) is 10.7 Å². The van der Waals surface area contributed by atoms with Gasteiger partial charge in [0, 0.05) is 17.8 Å². The van der Waals surface area contributed by atoms with Crippen molar-refractivity contribution in [2.75, 3.05) is 15.9 Å². The van der Waals surface area contributed by atoms with Crippen LogP contribution in [-0.4, -0.2) is 31.5 Å². The third kappa shape index (κ3) is 5.09. The van der Waals surface area contributed by atoms with Gasteiger partial charge in [-0.1, -0.05) is 29.3 Å². The van der Waals surface area contributed by atoms with Crippen LogP contribution in [0.2, 0.25) is 10.0 Å². The first-order valence-electron chi connectivity index (χ1n) is 7.50. The SMILES string of the molecule is C[C@H](C(=O)Nc1ccc(Cl)c(Cl)c1)N(c1cccc([N+](=O)[O-])c1)S(C)(=O)=O. The summed E-state index contributed by atoms with van der Waals surface area (Å²) in [4.78, 5) is 22.9. The number of nitrogens with zero attached hydrogens (tertiary/aromatic N) is 2. The molecule has 144 valence electrons. The molecule has 27 heavy (non-hydrogen) atoms. The first-order chi connectivity index (χ1) is 12.5. The summed E-state index contributed by atoms with van der Waals surface area (Å²) in [7, 11) is -3.91. The predicted molar refractivity (Wildman–Crippen MR) is 105 cm³/mol. The smallest absolute Gasteiger partial charge is 0.271 e. The molecule has 1 atom stereocenters. The van der Waals surface area contributed by atoms with Crippen molar-refractivity contribution in [2.45, 2.75) is 13.0 Å². The minimum atomic E-state index is -3.91. The van der Waals surface area contributed by atoms with Crippen LogP contribution in [0.15, 0.2) is 42.5 Å². The fraction of sp³-hybridized carbons (Fsp3) is 0.188. The molecule has 0 saturated heterocycles. The lowest BCUT2D eigenvalue weighted by atomic mass is 10.2. The standard InChI is InChI=1S/C16H15Cl2N3O5S/c1-10(16(22)19-11-6-7-14(17)15(18)8-11)20(27(2,25)26)12-4-3-5-13(9-12)21(23)24/h3-10H,1-2H3,(H,19,22)/t10-/m1/s1. The minimum Gasteiger partial charge on any atom is -0.324 e. The number of hydrogen-bond acceptors (Lipinski definition) is 5. The number of anilines is 2. The zero-order chi connectivity index (χ0) is 20.4. The summed E-state index contributed by atoms with van der Waals surface area (Å²) in [6.07, 6.45) is 0.911. The molecular formula is C16H15Cl2N3O5S. The molecular weight excluding hydrogens is 417 g/mol. The van der Waals surface area contributed by atoms with Gasteiger partial charge in [0.2, 0.25) is 15.9 Å². The first-order valence-corrected chi connectivity index (χ1v) is 10.1. The van der Waals surface area contributed by atoms with E-state index in [9.17, 15) is 23.3 Å². The van der Waals surface area contributed by atoms with Crippen LogP contribution in [-0.2, 0) is 14.8 Å². The number of hydrogen-bond donors (Lipinski definition) is 1. The number of rotatable bonds is 6. The Kier molecular flexibility index (Phi) is 6.30. The van der Waals surface area contributed by atoms with Gasteiger partial charge in [-0.25, -0.2) is 8.42 Å². The van der Waals surface area contributed by atoms with E-state index in [-0.39, 0.29) is 16.4 Å². The molecule has 1 N–H and O–H groups in total. The van der Waals surface area contributed by atoms with Crippen molar-refractivity contribution in [3.63, 3.8) is 0 Å². The number of sulfonamides is 1. The number of nitro groups is 1. The molecule has 0 heterocycles. The Morgan fingerprint density at radius 1 is 1.19 bits per heavy atom. The van der Waals surface area contributed by atoms with Gasteiger partial charge in [0.05, 0.1) is 26.9 Å². The maximum Gasteiger partial charge on any atom is 0.271 e. The van der Waals surface area contributed by atoms with Crippen LogP contribution in [0.1, 0.15) is 6.92 Å². The van der Waals surface area contributed by atoms with Crippen LogP contribution >= 0.6 is 23.2 Å². The molecule has 0 aromatic heterocycles. The molecule has 0 aliphatic rings. The van der Waals surface area contributed by atoms with Gasteiger partial charge in [-0.3, -0.25) is 19.2 Å². The van der Waals surface area contributed by atoms with Crippen LogP contribution < -0.4 is 9.62 Å². The topological polar surface area (TPSA) is 110 Å². The fourth-order valence-electron chi connectivity index (χ4n) is 2.37. The van der Waals surface area contributed by atoms with Crippen LogP contribution in [0.4, 0.5) is 17.1 Å². The summed E-state index contributed by atoms with van der Waals surface area (Å²) >= 11 is 11.7. The quantitative estimate of drug-likeness (QED) is 0.553. The van der Waals surface area contributed by atoms with Gasteiger partial charge in [0.1, 0.15) is 6.04 Å². The maximum atomic E-state index is 12.6. The van der Waals surface area contributed by atoms with E-state index in [1.807, 2.05) is 0 Å². The number of benzene rings is 2. The lowest BCUT2D eigenvalue weighted by molar-refractivity contribution is -0.384. The highest BCUT2D eigenvalue weighted by Crippen LogP contribution is 2.27. The van der Waals surface area contributed by atoms with Crippen LogP contribution in [0.25, 0.3) is 0 Å². The fourth-order valence-corrected chi connectivity index (χ4v) is 3.84. The van der Waals surface area contributed by atoms with Crippen molar-refractivity contribution < 1.29 is 18.1 Å². The summed E-state index contributed by atoms with van der Waals surface area (Å²) in [5.74, 6) is -0.648. The summed E-state index contributed by atoms with van der Waals surface area (Å²) in [6, 6.07) is 8.26. The molecule has 0 fully saturated rings. The van der Waals surface area contributed by atoms with Gasteiger partial charge in [-0.2, -0.15) is 0 Å². The monoisotopic (exact) mass is 431 g/mol. The van der Waals surface area contributed by atoms with Crippen molar-refractivity contribution in [3.8, 4) is 0 Å². The summed E-state index contributed by atoms with van der Waals surface area (Å²) in [5.41, 5.74) is 0.0375. The second-order valence-corrected chi connectivity index (χ2v) is 8.30. The lowest BCUT2D eigenvalue weighted by Crippen LogP contribution is -2.45. The number of nitro benzene ring substituents is 1. The Bertz CT molecular complexity index is 997. The number of non-ortho nitro benzene ring substituents is 1. The number of amides is 1. The Hall–Kier alpha value is -2.36. The molecule has 1 amide bonds. The van der Waals surface area contributed by atoms with Crippen molar-refractivity contribution in [3.05, 3.63) is 62.6 Å². The van der Waals surface area contributed by atoms with E-state index >= 15 is 0 Å². The number of nitrogens with one attached hydrogen (secondary N) is 1. The third-order valence-corrected chi connectivity index (χ3v) is 5.55. The Morgan fingerprint density at radius 2 is 1.85 bits per heavy atom. The number of carbonyl (C=O) groups excluding carboxylic acids is 1. The van der Waals surface area contributed by atoms with Crippen LogP contribution in [0.5, 0.6) is 0 Å². The Labute approximate surface area is 165 Å². The lowest BCUT2D eigenvalue weighted by Gasteiger charge is -2.28. The van der Waals surface area contributed by atoms with Crippen molar-refractivity contribution in [2.24, 2.45) is 0 Å². The molecule has 2 aromatic carbocycles. The molecule has 0 bridgehead atoms. The highest BCUT2D eigenvalue weighted by Gasteiger charge is 2.30. The first kappa shape index (κ1) is 20.9. The van der Waals surface area contributed by atoms with Crippen molar-refractivity contribution >= 4 is 56.2 Å². The van der Waals surface area contributed by atoms with E-state index in [1.54, 1.807) is 0 Å². The van der Waals surface area contributed by atoms with Gasteiger partial charge >= 0.3 is 0 Å². The molecule has 2 rings (SSSR count). The van der Waals surface area contributed by atoms with Gasteiger partial charge in [0.15, 0.2) is 0 Å².